The van der Waals surface area contributed by atoms with Crippen molar-refractivity contribution in [3.05, 3.63) is 46.5 Å². The number of aryl methyl sites for hydroxylation is 1. The molecule has 1 aromatic heterocycles. The van der Waals surface area contributed by atoms with Gasteiger partial charge in [0.05, 0.1) is 6.67 Å². The van der Waals surface area contributed by atoms with Gasteiger partial charge in [0, 0.05) is 31.7 Å². The van der Waals surface area contributed by atoms with Gasteiger partial charge in [-0.2, -0.15) is 5.10 Å². The van der Waals surface area contributed by atoms with Gasteiger partial charge >= 0.3 is 0 Å². The van der Waals surface area contributed by atoms with Crippen molar-refractivity contribution >= 4 is 12.2 Å². The molecule has 1 aliphatic heterocycles. The molecule has 5 nitrogen and oxygen atoms in total. The summed E-state index contributed by atoms with van der Waals surface area (Å²) >= 11 is 5.70. The van der Waals surface area contributed by atoms with Crippen LogP contribution in [0.1, 0.15) is 36.3 Å². The highest BCUT2D eigenvalue weighted by atomic mass is 32.1. The number of nitrogens with zero attached hydrogens (tertiary/aromatic N) is 5. The molecule has 1 aliphatic carbocycles. The van der Waals surface area contributed by atoms with E-state index in [0.29, 0.717) is 12.1 Å². The lowest BCUT2D eigenvalue weighted by Gasteiger charge is -2.40. The summed E-state index contributed by atoms with van der Waals surface area (Å²) < 4.78 is 5.13. The Morgan fingerprint density at radius 3 is 2.62 bits per heavy atom. The van der Waals surface area contributed by atoms with E-state index in [4.69, 9.17) is 17.3 Å². The number of hydrogen-bond acceptors (Lipinski definition) is 4. The number of benzene rings is 1. The third-order valence-electron chi connectivity index (χ3n) is 5.15. The number of likely N-dealkylation sites (N-methyl/N-ethyl adjacent to an activating group) is 1. The zero-order valence-corrected chi connectivity index (χ0v) is 15.2. The molecule has 1 atom stereocenters. The standard InChI is InChI=1S/C18H25N5S/c1-14-19-22(18(24)23(14)16-8-9-16)13-21-11-10-20(2)12-17(21)15-6-4-3-5-7-15/h3-7,16-17H,8-13H2,1-2H3/t17-/m0/s1. The Morgan fingerprint density at radius 2 is 1.92 bits per heavy atom. The zero-order valence-electron chi connectivity index (χ0n) is 14.4. The molecule has 0 spiro atoms. The number of aromatic nitrogens is 3. The van der Waals surface area contributed by atoms with Crippen LogP contribution in [0.25, 0.3) is 0 Å². The summed E-state index contributed by atoms with van der Waals surface area (Å²) in [5.74, 6) is 1.05. The van der Waals surface area contributed by atoms with Crippen molar-refractivity contribution in [2.75, 3.05) is 26.7 Å². The first kappa shape index (κ1) is 16.0. The predicted octanol–water partition coefficient (Wildman–Crippen LogP) is 3.00. The second kappa shape index (κ2) is 6.43. The minimum Gasteiger partial charge on any atom is -0.303 e. The summed E-state index contributed by atoms with van der Waals surface area (Å²) in [4.78, 5) is 4.91. The molecule has 1 saturated carbocycles. The highest BCUT2D eigenvalue weighted by Gasteiger charge is 2.30. The van der Waals surface area contributed by atoms with Crippen molar-refractivity contribution in [3.8, 4) is 0 Å². The first-order valence-corrected chi connectivity index (χ1v) is 9.18. The van der Waals surface area contributed by atoms with Gasteiger partial charge in [0.25, 0.3) is 0 Å². The van der Waals surface area contributed by atoms with Crippen molar-refractivity contribution in [1.29, 1.82) is 0 Å². The van der Waals surface area contributed by atoms with Crippen molar-refractivity contribution in [2.45, 2.75) is 38.5 Å². The highest BCUT2D eigenvalue weighted by Crippen LogP contribution is 2.36. The second-order valence-corrected chi connectivity index (χ2v) is 7.44. The molecule has 0 unspecified atom stereocenters. The molecule has 2 heterocycles. The third-order valence-corrected chi connectivity index (χ3v) is 5.55. The Morgan fingerprint density at radius 1 is 1.17 bits per heavy atom. The molecule has 6 heteroatoms. The van der Waals surface area contributed by atoms with Gasteiger partial charge in [-0.1, -0.05) is 30.3 Å². The highest BCUT2D eigenvalue weighted by molar-refractivity contribution is 7.71. The van der Waals surface area contributed by atoms with E-state index in [-0.39, 0.29) is 0 Å². The molecule has 0 amide bonds. The molecule has 2 aliphatic rings. The molecule has 2 aromatic rings. The largest absolute Gasteiger partial charge is 0.303 e. The van der Waals surface area contributed by atoms with Crippen LogP contribution in [0.2, 0.25) is 0 Å². The molecule has 1 aromatic carbocycles. The number of piperazine rings is 1. The Kier molecular flexibility index (Phi) is 4.28. The fourth-order valence-corrected chi connectivity index (χ4v) is 4.04. The molecule has 1 saturated heterocycles. The second-order valence-electron chi connectivity index (χ2n) is 7.07. The molecule has 24 heavy (non-hydrogen) atoms. The number of hydrogen-bond donors (Lipinski definition) is 0. The Balaban J connectivity index is 1.60. The van der Waals surface area contributed by atoms with Crippen LogP contribution in [-0.4, -0.2) is 50.8 Å². The van der Waals surface area contributed by atoms with E-state index in [9.17, 15) is 0 Å². The summed E-state index contributed by atoms with van der Waals surface area (Å²) in [6.45, 7) is 6.00. The van der Waals surface area contributed by atoms with Gasteiger partial charge in [0.15, 0.2) is 4.77 Å². The normalized spacial score (nSPS) is 22.8. The van der Waals surface area contributed by atoms with Crippen LogP contribution in [0.3, 0.4) is 0 Å². The quantitative estimate of drug-likeness (QED) is 0.798. The van der Waals surface area contributed by atoms with Gasteiger partial charge in [-0.05, 0) is 44.6 Å². The topological polar surface area (TPSA) is 29.2 Å². The van der Waals surface area contributed by atoms with Gasteiger partial charge in [-0.3, -0.25) is 4.90 Å². The van der Waals surface area contributed by atoms with Gasteiger partial charge < -0.3 is 9.47 Å². The molecular formula is C18H25N5S. The Bertz CT molecular complexity index is 761. The molecule has 4 rings (SSSR count). The van der Waals surface area contributed by atoms with Crippen molar-refractivity contribution in [3.63, 3.8) is 0 Å². The van der Waals surface area contributed by atoms with Gasteiger partial charge in [0.2, 0.25) is 0 Å². The van der Waals surface area contributed by atoms with Gasteiger partial charge in [-0.25, -0.2) is 4.68 Å². The van der Waals surface area contributed by atoms with Crippen LogP contribution in [0.4, 0.5) is 0 Å². The van der Waals surface area contributed by atoms with E-state index in [1.54, 1.807) is 0 Å². The van der Waals surface area contributed by atoms with E-state index in [1.165, 1.54) is 18.4 Å². The van der Waals surface area contributed by atoms with Crippen molar-refractivity contribution < 1.29 is 0 Å². The van der Waals surface area contributed by atoms with Crippen LogP contribution < -0.4 is 0 Å². The molecular weight excluding hydrogens is 318 g/mol. The van der Waals surface area contributed by atoms with Gasteiger partial charge in [0.1, 0.15) is 5.82 Å². The summed E-state index contributed by atoms with van der Waals surface area (Å²) in [7, 11) is 2.20. The van der Waals surface area contributed by atoms with E-state index >= 15 is 0 Å². The molecule has 2 fully saturated rings. The van der Waals surface area contributed by atoms with Crippen molar-refractivity contribution in [2.24, 2.45) is 0 Å². The van der Waals surface area contributed by atoms with Crippen LogP contribution >= 0.6 is 12.2 Å². The smallest absolute Gasteiger partial charge is 0.199 e. The van der Waals surface area contributed by atoms with E-state index < -0.39 is 0 Å². The van der Waals surface area contributed by atoms with E-state index in [2.05, 4.69) is 58.7 Å². The Hall–Kier alpha value is -1.50. The number of rotatable bonds is 4. The first-order chi connectivity index (χ1) is 11.6. The van der Waals surface area contributed by atoms with Crippen LogP contribution in [-0.2, 0) is 6.67 Å². The maximum atomic E-state index is 5.70. The molecule has 0 bridgehead atoms. The lowest BCUT2D eigenvalue weighted by molar-refractivity contribution is 0.0581. The third kappa shape index (κ3) is 3.06. The lowest BCUT2D eigenvalue weighted by Crippen LogP contribution is -2.47. The Labute approximate surface area is 148 Å². The molecule has 0 radical (unpaired) electrons. The first-order valence-electron chi connectivity index (χ1n) is 8.77. The summed E-state index contributed by atoms with van der Waals surface area (Å²) in [6, 6.07) is 11.8. The monoisotopic (exact) mass is 343 g/mol. The summed E-state index contributed by atoms with van der Waals surface area (Å²) in [5.41, 5.74) is 1.37. The summed E-state index contributed by atoms with van der Waals surface area (Å²) in [6.07, 6.45) is 2.48. The maximum Gasteiger partial charge on any atom is 0.199 e. The minimum atomic E-state index is 0.387. The minimum absolute atomic E-state index is 0.387. The maximum absolute atomic E-state index is 5.70. The fraction of sp³-hybridized carbons (Fsp3) is 0.556. The average Bonchev–Trinajstić information content (AvgIpc) is 3.37. The van der Waals surface area contributed by atoms with Gasteiger partial charge in [-0.15, -0.1) is 0 Å². The SMILES string of the molecule is Cc1nn(CN2CCN(C)C[C@H]2c2ccccc2)c(=S)n1C1CC1. The van der Waals surface area contributed by atoms with Crippen LogP contribution in [0.15, 0.2) is 30.3 Å². The van der Waals surface area contributed by atoms with E-state index in [1.807, 2.05) is 4.68 Å². The van der Waals surface area contributed by atoms with Crippen LogP contribution in [0.5, 0.6) is 0 Å². The zero-order chi connectivity index (χ0) is 16.7. The predicted molar refractivity (Wildman–Crippen MR) is 97.4 cm³/mol. The van der Waals surface area contributed by atoms with E-state index in [0.717, 1.165) is 36.9 Å². The molecule has 128 valence electrons. The van der Waals surface area contributed by atoms with Crippen molar-refractivity contribution in [1.82, 2.24) is 24.1 Å². The lowest BCUT2D eigenvalue weighted by atomic mass is 10.0. The molecule has 0 N–H and O–H groups in total. The summed E-state index contributed by atoms with van der Waals surface area (Å²) in [5, 5.41) is 4.73. The van der Waals surface area contributed by atoms with Crippen LogP contribution in [0, 0.1) is 11.7 Å². The average molecular weight is 344 g/mol. The fourth-order valence-electron chi connectivity index (χ4n) is 3.66.